The number of methoxy groups -OCH3 is 1. The molecule has 0 amide bonds. The molecule has 0 saturated carbocycles. The zero-order valence-corrected chi connectivity index (χ0v) is 15.0. The number of thioether (sulfide) groups is 1. The molecule has 0 unspecified atom stereocenters. The fourth-order valence-electron chi connectivity index (χ4n) is 2.57. The topological polar surface area (TPSA) is 71.1 Å². The van der Waals surface area contributed by atoms with Gasteiger partial charge in [0.15, 0.2) is 6.10 Å². The van der Waals surface area contributed by atoms with Gasteiger partial charge in [-0.2, -0.15) is 0 Å². The zero-order chi connectivity index (χ0) is 17.7. The minimum atomic E-state index is -0.598. The van der Waals surface area contributed by atoms with Crippen molar-refractivity contribution in [3.05, 3.63) is 24.3 Å². The van der Waals surface area contributed by atoms with Gasteiger partial charge in [-0.1, -0.05) is 11.8 Å². The molecule has 0 spiro atoms. The second-order valence-electron chi connectivity index (χ2n) is 5.52. The predicted octanol–water partition coefficient (Wildman–Crippen LogP) is 2.79. The summed E-state index contributed by atoms with van der Waals surface area (Å²) in [5.74, 6) is -0.0432. The van der Waals surface area contributed by atoms with Gasteiger partial charge in [-0.25, -0.2) is 0 Å². The highest BCUT2D eigenvalue weighted by Crippen LogP contribution is 2.35. The molecule has 0 N–H and O–H groups in total. The molecular weight excluding hydrogens is 332 g/mol. The normalized spacial score (nSPS) is 26.5. The Morgan fingerprint density at radius 3 is 2.29 bits per heavy atom. The van der Waals surface area contributed by atoms with Gasteiger partial charge in [-0.15, -0.1) is 0 Å². The van der Waals surface area contributed by atoms with Crippen molar-refractivity contribution in [1.29, 1.82) is 0 Å². The molecule has 0 aliphatic carbocycles. The largest absolute Gasteiger partial charge is 0.497 e. The van der Waals surface area contributed by atoms with E-state index >= 15 is 0 Å². The van der Waals surface area contributed by atoms with E-state index in [4.69, 9.17) is 18.9 Å². The second-order valence-corrected chi connectivity index (χ2v) is 6.75. The first-order valence-corrected chi connectivity index (χ1v) is 8.57. The Balaban J connectivity index is 2.06. The quantitative estimate of drug-likeness (QED) is 0.753. The van der Waals surface area contributed by atoms with Crippen LogP contribution in [0.3, 0.4) is 0 Å². The first-order valence-electron chi connectivity index (χ1n) is 7.69. The van der Waals surface area contributed by atoms with Crippen LogP contribution in [0.1, 0.15) is 27.2 Å². The summed E-state index contributed by atoms with van der Waals surface area (Å²) >= 11 is 1.53. The van der Waals surface area contributed by atoms with Crippen LogP contribution in [0.2, 0.25) is 0 Å². The van der Waals surface area contributed by atoms with Crippen LogP contribution in [0, 0.1) is 0 Å². The molecule has 24 heavy (non-hydrogen) atoms. The van der Waals surface area contributed by atoms with E-state index in [1.165, 1.54) is 25.6 Å². The maximum atomic E-state index is 11.4. The van der Waals surface area contributed by atoms with Crippen molar-refractivity contribution < 1.29 is 28.5 Å². The summed E-state index contributed by atoms with van der Waals surface area (Å²) in [7, 11) is 1.62. The van der Waals surface area contributed by atoms with E-state index in [1.54, 1.807) is 7.11 Å². The standard InChI is InChI=1S/C17H22O6S/c1-10-17(23-12(3)19)15(22-11(2)18)9-16(21-10)24-14-7-5-13(20-4)6-8-14/h5-8,10,15-17H,9H2,1-4H3/t10-,15-,16+,17-/m1/s1. The van der Waals surface area contributed by atoms with Gasteiger partial charge in [0, 0.05) is 25.2 Å². The average molecular weight is 354 g/mol. The van der Waals surface area contributed by atoms with E-state index < -0.39 is 24.1 Å². The van der Waals surface area contributed by atoms with E-state index in [0.717, 1.165) is 10.6 Å². The molecule has 1 aliphatic heterocycles. The summed E-state index contributed by atoms with van der Waals surface area (Å²) in [6.45, 7) is 4.48. The monoisotopic (exact) mass is 354 g/mol. The lowest BCUT2D eigenvalue weighted by atomic mass is 10.0. The Morgan fingerprint density at radius 2 is 1.75 bits per heavy atom. The molecule has 7 heteroatoms. The van der Waals surface area contributed by atoms with E-state index in [0.29, 0.717) is 6.42 Å². The van der Waals surface area contributed by atoms with Crippen molar-refractivity contribution in [2.75, 3.05) is 7.11 Å². The first kappa shape index (κ1) is 18.6. The molecule has 0 aromatic heterocycles. The molecule has 132 valence electrons. The smallest absolute Gasteiger partial charge is 0.303 e. The van der Waals surface area contributed by atoms with Crippen LogP contribution < -0.4 is 4.74 Å². The van der Waals surface area contributed by atoms with Crippen molar-refractivity contribution in [2.45, 2.75) is 55.8 Å². The number of rotatable bonds is 5. The number of ether oxygens (including phenoxy) is 4. The minimum absolute atomic E-state index is 0.204. The number of benzene rings is 1. The van der Waals surface area contributed by atoms with Crippen LogP contribution in [0.5, 0.6) is 5.75 Å². The van der Waals surface area contributed by atoms with Gasteiger partial charge >= 0.3 is 11.9 Å². The lowest BCUT2D eigenvalue weighted by molar-refractivity contribution is -0.194. The van der Waals surface area contributed by atoms with Crippen LogP contribution in [-0.2, 0) is 23.8 Å². The summed E-state index contributed by atoms with van der Waals surface area (Å²) in [6, 6.07) is 7.63. The molecule has 1 heterocycles. The zero-order valence-electron chi connectivity index (χ0n) is 14.2. The third kappa shape index (κ3) is 5.14. The first-order chi connectivity index (χ1) is 11.4. The van der Waals surface area contributed by atoms with E-state index in [9.17, 15) is 9.59 Å². The molecule has 2 rings (SSSR count). The Kier molecular flexibility index (Phi) is 6.51. The molecule has 1 aromatic rings. The van der Waals surface area contributed by atoms with Crippen molar-refractivity contribution in [2.24, 2.45) is 0 Å². The Labute approximate surface area is 145 Å². The lowest BCUT2D eigenvalue weighted by Crippen LogP contribution is -2.49. The summed E-state index contributed by atoms with van der Waals surface area (Å²) in [6.07, 6.45) is -1.05. The Hall–Kier alpha value is -1.73. The van der Waals surface area contributed by atoms with Gasteiger partial charge in [0.05, 0.1) is 13.2 Å². The fraction of sp³-hybridized carbons (Fsp3) is 0.529. The molecule has 6 nitrogen and oxygen atoms in total. The molecule has 0 radical (unpaired) electrons. The molecule has 4 atom stereocenters. The maximum absolute atomic E-state index is 11.4. The molecule has 1 aliphatic rings. The summed E-state index contributed by atoms with van der Waals surface area (Å²) in [4.78, 5) is 23.7. The fourth-order valence-corrected chi connectivity index (χ4v) is 3.69. The third-order valence-corrected chi connectivity index (χ3v) is 4.68. The minimum Gasteiger partial charge on any atom is -0.497 e. The van der Waals surface area contributed by atoms with Crippen LogP contribution in [0.4, 0.5) is 0 Å². The highest BCUT2D eigenvalue weighted by Gasteiger charge is 2.41. The van der Waals surface area contributed by atoms with Crippen LogP contribution in [-0.4, -0.2) is 42.8 Å². The van der Waals surface area contributed by atoms with Crippen LogP contribution in [0.15, 0.2) is 29.2 Å². The predicted molar refractivity (Wildman–Crippen MR) is 88.9 cm³/mol. The summed E-state index contributed by atoms with van der Waals surface area (Å²) < 4.78 is 21.7. The summed E-state index contributed by atoms with van der Waals surface area (Å²) in [5.41, 5.74) is -0.204. The van der Waals surface area contributed by atoms with Crippen LogP contribution >= 0.6 is 11.8 Å². The van der Waals surface area contributed by atoms with Gasteiger partial charge in [0.25, 0.3) is 0 Å². The molecule has 1 aromatic carbocycles. The highest BCUT2D eigenvalue weighted by molar-refractivity contribution is 7.99. The molecule has 1 fully saturated rings. The molecular formula is C17H22O6S. The average Bonchev–Trinajstić information content (AvgIpc) is 2.51. The number of carbonyl (C=O) groups excluding carboxylic acids is 2. The number of esters is 2. The number of hydrogen-bond donors (Lipinski definition) is 0. The van der Waals surface area contributed by atoms with E-state index in [2.05, 4.69) is 0 Å². The lowest BCUT2D eigenvalue weighted by Gasteiger charge is -2.38. The summed E-state index contributed by atoms with van der Waals surface area (Å²) in [5, 5.41) is 0. The molecule has 1 saturated heterocycles. The van der Waals surface area contributed by atoms with Gasteiger partial charge in [0.2, 0.25) is 0 Å². The van der Waals surface area contributed by atoms with E-state index in [-0.39, 0.29) is 11.5 Å². The van der Waals surface area contributed by atoms with Crippen molar-refractivity contribution in [1.82, 2.24) is 0 Å². The van der Waals surface area contributed by atoms with Gasteiger partial charge < -0.3 is 18.9 Å². The van der Waals surface area contributed by atoms with Crippen molar-refractivity contribution >= 4 is 23.7 Å². The van der Waals surface area contributed by atoms with Gasteiger partial charge in [-0.3, -0.25) is 9.59 Å². The maximum Gasteiger partial charge on any atom is 0.303 e. The SMILES string of the molecule is COc1ccc(S[C@H]2C[C@@H](OC(C)=O)[C@H](OC(C)=O)[C@@H](C)O2)cc1. The molecule has 0 bridgehead atoms. The number of carbonyl (C=O) groups is 2. The second kappa shape index (κ2) is 8.39. The highest BCUT2D eigenvalue weighted by atomic mass is 32.2. The van der Waals surface area contributed by atoms with E-state index in [1.807, 2.05) is 31.2 Å². The van der Waals surface area contributed by atoms with Gasteiger partial charge in [-0.05, 0) is 31.2 Å². The number of hydrogen-bond acceptors (Lipinski definition) is 7. The van der Waals surface area contributed by atoms with Crippen molar-refractivity contribution in [3.63, 3.8) is 0 Å². The van der Waals surface area contributed by atoms with Crippen LogP contribution in [0.25, 0.3) is 0 Å². The Bertz CT molecular complexity index is 573. The van der Waals surface area contributed by atoms with Gasteiger partial charge in [0.1, 0.15) is 17.3 Å². The van der Waals surface area contributed by atoms with Crippen molar-refractivity contribution in [3.8, 4) is 5.75 Å². The Morgan fingerprint density at radius 1 is 1.12 bits per heavy atom. The third-order valence-electron chi connectivity index (χ3n) is 3.57.